The van der Waals surface area contributed by atoms with Crippen LogP contribution in [0, 0.1) is 0 Å². The van der Waals surface area contributed by atoms with Crippen molar-refractivity contribution in [1.82, 2.24) is 5.32 Å². The number of benzene rings is 1. The molecule has 2 nitrogen and oxygen atoms in total. The quantitative estimate of drug-likeness (QED) is 0.728. The fourth-order valence-corrected chi connectivity index (χ4v) is 2.70. The van der Waals surface area contributed by atoms with Crippen LogP contribution in [0.1, 0.15) is 44.1 Å². The summed E-state index contributed by atoms with van der Waals surface area (Å²) in [5.41, 5.74) is 1.38. The van der Waals surface area contributed by atoms with Gasteiger partial charge in [0.25, 0.3) is 0 Å². The van der Waals surface area contributed by atoms with E-state index in [2.05, 4.69) is 24.4 Å². The maximum atomic E-state index is 6.02. The molecule has 0 unspecified atom stereocenters. The van der Waals surface area contributed by atoms with E-state index in [1.165, 1.54) is 31.2 Å². The minimum absolute atomic E-state index is 0.652. The highest BCUT2D eigenvalue weighted by Gasteiger charge is 2.29. The van der Waals surface area contributed by atoms with Gasteiger partial charge in [-0.05, 0) is 42.9 Å². The molecular weight excluding hydrogens is 258 g/mol. The van der Waals surface area contributed by atoms with Gasteiger partial charge < -0.3 is 10.1 Å². The smallest absolute Gasteiger partial charge is 0.0591 e. The van der Waals surface area contributed by atoms with Gasteiger partial charge in [-0.25, -0.2) is 0 Å². The fraction of sp³-hybridized carbons (Fsp3) is 0.625. The standard InChI is InChI=1S/C16H24ClNO/c1-2-3-8-19-9-7-18-16-11-14(12-16)13-5-4-6-15(17)10-13/h4-6,10,14,16,18H,2-3,7-9,11-12H2,1H3. The highest BCUT2D eigenvalue weighted by Crippen LogP contribution is 2.37. The lowest BCUT2D eigenvalue weighted by Gasteiger charge is -2.36. The summed E-state index contributed by atoms with van der Waals surface area (Å²) in [6, 6.07) is 8.91. The van der Waals surface area contributed by atoms with Crippen molar-refractivity contribution in [3.05, 3.63) is 34.9 Å². The molecule has 106 valence electrons. The average Bonchev–Trinajstić information content (AvgIpc) is 2.35. The van der Waals surface area contributed by atoms with Crippen LogP contribution >= 0.6 is 11.6 Å². The predicted molar refractivity (Wildman–Crippen MR) is 80.9 cm³/mol. The Morgan fingerprint density at radius 1 is 1.32 bits per heavy atom. The zero-order chi connectivity index (χ0) is 13.5. The van der Waals surface area contributed by atoms with Crippen molar-refractivity contribution in [2.45, 2.75) is 44.6 Å². The van der Waals surface area contributed by atoms with Crippen LogP contribution in [0.25, 0.3) is 0 Å². The number of hydrogen-bond acceptors (Lipinski definition) is 2. The molecular formula is C16H24ClNO. The molecule has 1 saturated carbocycles. The summed E-state index contributed by atoms with van der Waals surface area (Å²) in [7, 11) is 0. The third kappa shape index (κ3) is 4.79. The van der Waals surface area contributed by atoms with Crippen LogP contribution in [0.15, 0.2) is 24.3 Å². The van der Waals surface area contributed by atoms with Gasteiger partial charge in [-0.2, -0.15) is 0 Å². The molecule has 0 aromatic heterocycles. The lowest BCUT2D eigenvalue weighted by Crippen LogP contribution is -2.41. The minimum Gasteiger partial charge on any atom is -0.380 e. The van der Waals surface area contributed by atoms with Crippen molar-refractivity contribution in [2.24, 2.45) is 0 Å². The van der Waals surface area contributed by atoms with Crippen molar-refractivity contribution in [1.29, 1.82) is 0 Å². The number of nitrogens with one attached hydrogen (secondary N) is 1. The van der Waals surface area contributed by atoms with Crippen LogP contribution in [0.2, 0.25) is 5.02 Å². The lowest BCUT2D eigenvalue weighted by atomic mass is 9.76. The molecule has 3 heteroatoms. The van der Waals surface area contributed by atoms with Gasteiger partial charge in [-0.15, -0.1) is 0 Å². The summed E-state index contributed by atoms with van der Waals surface area (Å²) in [6.07, 6.45) is 4.81. The van der Waals surface area contributed by atoms with Crippen LogP contribution in [0.3, 0.4) is 0 Å². The molecule has 0 atom stereocenters. The number of unbranched alkanes of at least 4 members (excludes halogenated alkanes) is 1. The first kappa shape index (κ1) is 14.8. The van der Waals surface area contributed by atoms with Gasteiger partial charge in [0.05, 0.1) is 6.61 Å². The van der Waals surface area contributed by atoms with E-state index < -0.39 is 0 Å². The summed E-state index contributed by atoms with van der Waals surface area (Å²) < 4.78 is 5.54. The molecule has 0 amide bonds. The first-order valence-electron chi connectivity index (χ1n) is 7.36. The average molecular weight is 282 g/mol. The van der Waals surface area contributed by atoms with Crippen molar-refractivity contribution in [3.8, 4) is 0 Å². The normalized spacial score (nSPS) is 22.2. The molecule has 1 aromatic carbocycles. The van der Waals surface area contributed by atoms with Gasteiger partial charge in [0.2, 0.25) is 0 Å². The molecule has 2 rings (SSSR count). The molecule has 1 aliphatic rings. The van der Waals surface area contributed by atoms with Crippen molar-refractivity contribution >= 4 is 11.6 Å². The molecule has 0 aliphatic heterocycles. The molecule has 0 radical (unpaired) electrons. The topological polar surface area (TPSA) is 21.3 Å². The second-order valence-electron chi connectivity index (χ2n) is 5.34. The predicted octanol–water partition coefficient (Wildman–Crippen LogP) is 3.99. The zero-order valence-corrected chi connectivity index (χ0v) is 12.5. The number of hydrogen-bond donors (Lipinski definition) is 1. The SMILES string of the molecule is CCCCOCCNC1CC(c2cccc(Cl)c2)C1. The molecule has 0 bridgehead atoms. The van der Waals surface area contributed by atoms with E-state index in [1.807, 2.05) is 12.1 Å². The minimum atomic E-state index is 0.652. The largest absolute Gasteiger partial charge is 0.380 e. The van der Waals surface area contributed by atoms with Crippen LogP contribution < -0.4 is 5.32 Å². The number of ether oxygens (including phenoxy) is 1. The second kappa shape index (κ2) is 7.88. The van der Waals surface area contributed by atoms with Crippen LogP contribution in [-0.4, -0.2) is 25.8 Å². The van der Waals surface area contributed by atoms with Gasteiger partial charge in [-0.1, -0.05) is 37.1 Å². The monoisotopic (exact) mass is 281 g/mol. The first-order valence-corrected chi connectivity index (χ1v) is 7.74. The van der Waals surface area contributed by atoms with Crippen molar-refractivity contribution in [2.75, 3.05) is 19.8 Å². The molecule has 0 saturated heterocycles. The maximum Gasteiger partial charge on any atom is 0.0591 e. The number of rotatable bonds is 8. The van der Waals surface area contributed by atoms with Gasteiger partial charge in [0.15, 0.2) is 0 Å². The summed E-state index contributed by atoms with van der Waals surface area (Å²) in [5.74, 6) is 0.678. The van der Waals surface area contributed by atoms with E-state index in [4.69, 9.17) is 16.3 Å². The molecule has 0 heterocycles. The summed E-state index contributed by atoms with van der Waals surface area (Å²) in [4.78, 5) is 0. The molecule has 1 aromatic rings. The van der Waals surface area contributed by atoms with Crippen molar-refractivity contribution < 1.29 is 4.74 Å². The van der Waals surface area contributed by atoms with Crippen LogP contribution in [0.5, 0.6) is 0 Å². The molecule has 1 N–H and O–H groups in total. The lowest BCUT2D eigenvalue weighted by molar-refractivity contribution is 0.126. The van der Waals surface area contributed by atoms with E-state index in [0.29, 0.717) is 12.0 Å². The Balaban J connectivity index is 1.56. The Bertz CT molecular complexity index is 377. The van der Waals surface area contributed by atoms with Gasteiger partial charge in [-0.3, -0.25) is 0 Å². The highest BCUT2D eigenvalue weighted by atomic mass is 35.5. The Kier molecular flexibility index (Phi) is 6.15. The molecule has 1 aliphatic carbocycles. The summed E-state index contributed by atoms with van der Waals surface area (Å²) >= 11 is 6.02. The Hall–Kier alpha value is -0.570. The van der Waals surface area contributed by atoms with Crippen LogP contribution in [-0.2, 0) is 4.74 Å². The molecule has 1 fully saturated rings. The Morgan fingerprint density at radius 2 is 2.16 bits per heavy atom. The van der Waals surface area contributed by atoms with Crippen molar-refractivity contribution in [3.63, 3.8) is 0 Å². The zero-order valence-electron chi connectivity index (χ0n) is 11.7. The van der Waals surface area contributed by atoms with E-state index >= 15 is 0 Å². The van der Waals surface area contributed by atoms with E-state index in [1.54, 1.807) is 0 Å². The van der Waals surface area contributed by atoms with Gasteiger partial charge >= 0.3 is 0 Å². The molecule has 19 heavy (non-hydrogen) atoms. The second-order valence-corrected chi connectivity index (χ2v) is 5.78. The maximum absolute atomic E-state index is 6.02. The van der Waals surface area contributed by atoms with E-state index in [-0.39, 0.29) is 0 Å². The Labute approximate surface area is 121 Å². The first-order chi connectivity index (χ1) is 9.29. The van der Waals surface area contributed by atoms with Gasteiger partial charge in [0.1, 0.15) is 0 Å². The van der Waals surface area contributed by atoms with E-state index in [0.717, 1.165) is 24.8 Å². The Morgan fingerprint density at radius 3 is 2.89 bits per heavy atom. The third-order valence-corrected chi connectivity index (χ3v) is 4.01. The third-order valence-electron chi connectivity index (χ3n) is 3.78. The molecule has 0 spiro atoms. The summed E-state index contributed by atoms with van der Waals surface area (Å²) in [6.45, 7) is 4.88. The van der Waals surface area contributed by atoms with Gasteiger partial charge in [0, 0.05) is 24.2 Å². The van der Waals surface area contributed by atoms with E-state index in [9.17, 15) is 0 Å². The summed E-state index contributed by atoms with van der Waals surface area (Å²) in [5, 5.41) is 4.40. The number of halogens is 1. The van der Waals surface area contributed by atoms with Crippen LogP contribution in [0.4, 0.5) is 0 Å². The fourth-order valence-electron chi connectivity index (χ4n) is 2.50. The highest BCUT2D eigenvalue weighted by molar-refractivity contribution is 6.30.